The molecule has 1 aliphatic heterocycles. The average molecular weight is 469 g/mol. The second-order valence-electron chi connectivity index (χ2n) is 9.33. The monoisotopic (exact) mass is 468 g/mol. The van der Waals surface area contributed by atoms with E-state index < -0.39 is 23.0 Å². The van der Waals surface area contributed by atoms with Crippen molar-refractivity contribution in [2.45, 2.75) is 68.3 Å². The smallest absolute Gasteiger partial charge is 0.258 e. The number of nitrogens with one attached hydrogen (secondary N) is 4. The van der Waals surface area contributed by atoms with Gasteiger partial charge in [0, 0.05) is 30.7 Å². The third kappa shape index (κ3) is 4.85. The van der Waals surface area contributed by atoms with Gasteiger partial charge in [-0.25, -0.2) is 4.39 Å². The largest absolute Gasteiger partial charge is 0.484 e. The molecule has 3 saturated carbocycles. The highest BCUT2D eigenvalue weighted by Crippen LogP contribution is 2.47. The number of halogens is 2. The van der Waals surface area contributed by atoms with E-state index in [0.29, 0.717) is 51.2 Å². The molecule has 0 radical (unpaired) electrons. The van der Waals surface area contributed by atoms with E-state index >= 15 is 0 Å². The van der Waals surface area contributed by atoms with Gasteiger partial charge in [-0.2, -0.15) is 0 Å². The lowest BCUT2D eigenvalue weighted by molar-refractivity contribution is -0.137. The second-order valence-corrected chi connectivity index (χ2v) is 9.74. The van der Waals surface area contributed by atoms with E-state index in [9.17, 15) is 19.1 Å². The number of piperazine rings is 1. The number of carbonyl (C=O) groups is 2. The quantitative estimate of drug-likeness (QED) is 0.423. The van der Waals surface area contributed by atoms with Crippen LogP contribution in [0.25, 0.3) is 0 Å². The molecule has 1 heterocycles. The zero-order valence-electron chi connectivity index (χ0n) is 18.0. The highest BCUT2D eigenvalue weighted by molar-refractivity contribution is 6.30. The van der Waals surface area contributed by atoms with Crippen LogP contribution >= 0.6 is 11.6 Å². The lowest BCUT2D eigenvalue weighted by Crippen LogP contribution is -2.72. The van der Waals surface area contributed by atoms with Crippen molar-refractivity contribution >= 4 is 23.4 Å². The molecular weight excluding hydrogens is 439 g/mol. The minimum Gasteiger partial charge on any atom is -0.484 e. The number of amides is 2. The fraction of sp³-hybridized carbons (Fsp3) is 0.636. The van der Waals surface area contributed by atoms with Gasteiger partial charge in [-0.05, 0) is 51.2 Å². The Morgan fingerprint density at radius 2 is 1.97 bits per heavy atom. The summed E-state index contributed by atoms with van der Waals surface area (Å²) in [4.78, 5) is 25.3. The fourth-order valence-corrected chi connectivity index (χ4v) is 5.13. The molecule has 0 spiro atoms. The molecular formula is C22H30ClFN4O4. The molecule has 3 aliphatic carbocycles. The molecule has 0 aromatic heterocycles. The van der Waals surface area contributed by atoms with Crippen LogP contribution in [0.5, 0.6) is 5.75 Å². The normalized spacial score (nSPS) is 34.1. The summed E-state index contributed by atoms with van der Waals surface area (Å²) in [7, 11) is 0. The van der Waals surface area contributed by atoms with E-state index in [4.69, 9.17) is 16.3 Å². The number of fused-ring (bicyclic) bond motifs is 3. The second kappa shape index (κ2) is 9.13. The van der Waals surface area contributed by atoms with Gasteiger partial charge in [-0.3, -0.25) is 9.59 Å². The standard InChI is InChI=1S/C22H30ClFN4O4/c1-13-10-26-17(11-25-13)20(31)28-22-6-4-21(5-7-22,9-18(22)29)27-19(30)12-32-14-2-3-15(23)16(24)8-14/h2-3,8,13,17-18,25-26,29H,4-7,9-12H2,1H3,(H,27,30)(H,28,31). The van der Waals surface area contributed by atoms with Crippen molar-refractivity contribution in [2.24, 2.45) is 0 Å². The SMILES string of the molecule is CC1CNC(C(=O)NC23CCC(NC(=O)COc4ccc(Cl)c(F)c4)(CC2)CC3O)CN1. The third-order valence-electron chi connectivity index (χ3n) is 7.02. The summed E-state index contributed by atoms with van der Waals surface area (Å²) in [6.07, 6.45) is 2.08. The fourth-order valence-electron chi connectivity index (χ4n) is 5.01. The van der Waals surface area contributed by atoms with Gasteiger partial charge in [0.25, 0.3) is 5.91 Å². The Balaban J connectivity index is 1.30. The minimum atomic E-state index is -0.754. The van der Waals surface area contributed by atoms with Crippen LogP contribution in [0.1, 0.15) is 39.0 Å². The van der Waals surface area contributed by atoms with Gasteiger partial charge < -0.3 is 31.1 Å². The van der Waals surface area contributed by atoms with Crippen molar-refractivity contribution in [1.29, 1.82) is 0 Å². The molecule has 176 valence electrons. The van der Waals surface area contributed by atoms with Gasteiger partial charge in [-0.15, -0.1) is 0 Å². The summed E-state index contributed by atoms with van der Waals surface area (Å²) >= 11 is 5.65. The first-order valence-corrected chi connectivity index (χ1v) is 11.4. The Bertz CT molecular complexity index is 869. The predicted octanol–water partition coefficient (Wildman–Crippen LogP) is 0.856. The van der Waals surface area contributed by atoms with Crippen molar-refractivity contribution in [2.75, 3.05) is 19.7 Å². The van der Waals surface area contributed by atoms with Crippen molar-refractivity contribution in [1.82, 2.24) is 21.3 Å². The number of aliphatic hydroxyl groups excluding tert-OH is 1. The maximum Gasteiger partial charge on any atom is 0.258 e. The van der Waals surface area contributed by atoms with Gasteiger partial charge in [0.2, 0.25) is 5.91 Å². The zero-order valence-corrected chi connectivity index (χ0v) is 18.8. The molecule has 3 unspecified atom stereocenters. The predicted molar refractivity (Wildman–Crippen MR) is 117 cm³/mol. The molecule has 5 rings (SSSR count). The third-order valence-corrected chi connectivity index (χ3v) is 7.32. The average Bonchev–Trinajstić information content (AvgIpc) is 2.76. The van der Waals surface area contributed by atoms with Crippen molar-refractivity contribution in [3.8, 4) is 5.75 Å². The molecule has 8 nitrogen and oxygen atoms in total. The first kappa shape index (κ1) is 23.2. The number of ether oxygens (including phenoxy) is 1. The van der Waals surface area contributed by atoms with Crippen LogP contribution in [-0.4, -0.2) is 65.9 Å². The molecule has 2 bridgehead atoms. The Morgan fingerprint density at radius 1 is 1.22 bits per heavy atom. The number of hydrogen-bond donors (Lipinski definition) is 5. The highest BCUT2D eigenvalue weighted by atomic mass is 35.5. The maximum absolute atomic E-state index is 13.5. The van der Waals surface area contributed by atoms with Crippen LogP contribution in [-0.2, 0) is 9.59 Å². The number of hydrogen-bond acceptors (Lipinski definition) is 6. The Morgan fingerprint density at radius 3 is 2.59 bits per heavy atom. The molecule has 1 saturated heterocycles. The summed E-state index contributed by atoms with van der Waals surface area (Å²) in [6, 6.07) is 3.99. The molecule has 5 N–H and O–H groups in total. The zero-order chi connectivity index (χ0) is 22.9. The van der Waals surface area contributed by atoms with Crippen LogP contribution in [0.15, 0.2) is 18.2 Å². The van der Waals surface area contributed by atoms with Crippen molar-refractivity contribution < 1.29 is 23.8 Å². The molecule has 2 amide bonds. The molecule has 3 atom stereocenters. The Labute approximate surface area is 191 Å². The molecule has 4 fully saturated rings. The number of rotatable bonds is 6. The van der Waals surface area contributed by atoms with Crippen molar-refractivity contribution in [3.63, 3.8) is 0 Å². The maximum atomic E-state index is 13.5. The van der Waals surface area contributed by atoms with Gasteiger partial charge in [-0.1, -0.05) is 11.6 Å². The minimum absolute atomic E-state index is 0.0141. The topological polar surface area (TPSA) is 112 Å². The summed E-state index contributed by atoms with van der Waals surface area (Å²) in [6.45, 7) is 3.06. The van der Waals surface area contributed by atoms with Gasteiger partial charge in [0.1, 0.15) is 11.6 Å². The number of benzene rings is 1. The van der Waals surface area contributed by atoms with Gasteiger partial charge in [0.15, 0.2) is 6.61 Å². The summed E-state index contributed by atoms with van der Waals surface area (Å²) < 4.78 is 18.9. The van der Waals surface area contributed by atoms with Gasteiger partial charge in [0.05, 0.1) is 22.7 Å². The van der Waals surface area contributed by atoms with Crippen LogP contribution in [0.3, 0.4) is 0 Å². The summed E-state index contributed by atoms with van der Waals surface area (Å²) in [5, 5.41) is 23.5. The number of aliphatic hydroxyl groups is 1. The van der Waals surface area contributed by atoms with E-state index in [1.165, 1.54) is 12.1 Å². The molecule has 10 heteroatoms. The first-order chi connectivity index (χ1) is 15.2. The van der Waals surface area contributed by atoms with Gasteiger partial charge >= 0.3 is 0 Å². The summed E-state index contributed by atoms with van der Waals surface area (Å²) in [5.41, 5.74) is -1.19. The van der Waals surface area contributed by atoms with E-state index in [0.717, 1.165) is 6.07 Å². The van der Waals surface area contributed by atoms with E-state index in [2.05, 4.69) is 28.2 Å². The van der Waals surface area contributed by atoms with E-state index in [1.807, 2.05) is 0 Å². The van der Waals surface area contributed by atoms with E-state index in [1.54, 1.807) is 0 Å². The van der Waals surface area contributed by atoms with Crippen LogP contribution in [0.2, 0.25) is 5.02 Å². The lowest BCUT2D eigenvalue weighted by atomic mass is 9.59. The van der Waals surface area contributed by atoms with Crippen LogP contribution in [0, 0.1) is 5.82 Å². The first-order valence-electron chi connectivity index (χ1n) is 11.1. The molecule has 32 heavy (non-hydrogen) atoms. The molecule has 4 aliphatic rings. The molecule has 1 aromatic rings. The number of carbonyl (C=O) groups excluding carboxylic acids is 2. The molecule has 1 aromatic carbocycles. The Kier molecular flexibility index (Phi) is 6.63. The van der Waals surface area contributed by atoms with Crippen LogP contribution < -0.4 is 26.0 Å². The van der Waals surface area contributed by atoms with E-state index in [-0.39, 0.29) is 35.2 Å². The van der Waals surface area contributed by atoms with Crippen molar-refractivity contribution in [3.05, 3.63) is 29.0 Å². The lowest BCUT2D eigenvalue weighted by Gasteiger charge is -2.56. The highest BCUT2D eigenvalue weighted by Gasteiger charge is 2.55. The summed E-state index contributed by atoms with van der Waals surface area (Å²) in [5.74, 6) is -0.838. The van der Waals surface area contributed by atoms with Crippen LogP contribution in [0.4, 0.5) is 4.39 Å². The Hall–Kier alpha value is -1.94.